The first kappa shape index (κ1) is 59.0. The van der Waals surface area contributed by atoms with E-state index in [1.54, 1.807) is 0 Å². The molecule has 0 heteroatoms. The lowest BCUT2D eigenvalue weighted by atomic mass is 9.61. The van der Waals surface area contributed by atoms with Crippen molar-refractivity contribution in [1.29, 1.82) is 0 Å². The van der Waals surface area contributed by atoms with Crippen molar-refractivity contribution in [3.8, 4) is 66.8 Å². The third-order valence-electron chi connectivity index (χ3n) is 17.1. The average Bonchev–Trinajstić information content (AvgIpc) is 3.28. The van der Waals surface area contributed by atoms with Crippen molar-refractivity contribution in [2.24, 2.45) is 0 Å². The zero-order valence-electron chi connectivity index (χ0n) is 53.8. The Morgan fingerprint density at radius 2 is 0.408 bits per heavy atom. The molecule has 408 valence electrons. The van der Waals surface area contributed by atoms with Crippen molar-refractivity contribution in [1.82, 2.24) is 0 Å². The van der Waals surface area contributed by atoms with Gasteiger partial charge < -0.3 is 0 Å². The van der Waals surface area contributed by atoms with Gasteiger partial charge in [-0.1, -0.05) is 267 Å². The summed E-state index contributed by atoms with van der Waals surface area (Å²) in [7, 11) is 0. The van der Waals surface area contributed by atoms with E-state index in [-0.39, 0.29) is 43.3 Å². The van der Waals surface area contributed by atoms with E-state index in [9.17, 15) is 0 Å². The molecule has 0 aromatic heterocycles. The lowest BCUT2D eigenvalue weighted by molar-refractivity contribution is 0.566. The number of rotatable bonds is 8. The smallest absolute Gasteiger partial charge is 0.000719 e. The number of benzene rings is 6. The Bertz CT molecular complexity index is 2990. The van der Waals surface area contributed by atoms with Gasteiger partial charge >= 0.3 is 0 Å². The van der Waals surface area contributed by atoms with Gasteiger partial charge in [-0.25, -0.2) is 0 Å². The summed E-state index contributed by atoms with van der Waals surface area (Å²) in [6, 6.07) is 30.6. The highest BCUT2D eigenvalue weighted by Crippen LogP contribution is 2.66. The van der Waals surface area contributed by atoms with Gasteiger partial charge in [-0.05, 0) is 203 Å². The molecule has 1 aliphatic carbocycles. The van der Waals surface area contributed by atoms with Crippen molar-refractivity contribution in [2.75, 3.05) is 0 Å². The second-order valence-electron chi connectivity index (χ2n) is 31.4. The Morgan fingerprint density at radius 1 is 0.224 bits per heavy atom. The van der Waals surface area contributed by atoms with Gasteiger partial charge in [0.2, 0.25) is 0 Å². The molecule has 0 heterocycles. The molecule has 1 aliphatic rings. The summed E-state index contributed by atoms with van der Waals surface area (Å²) in [4.78, 5) is 0. The molecule has 0 N–H and O–H groups in total. The summed E-state index contributed by atoms with van der Waals surface area (Å²) in [6.07, 6.45) is 3.70. The predicted octanol–water partition coefficient (Wildman–Crippen LogP) is 22.6. The van der Waals surface area contributed by atoms with Gasteiger partial charge in [-0.15, -0.1) is 0 Å². The first-order valence-corrected chi connectivity index (χ1v) is 29.7. The maximum atomic E-state index is 2.65. The molecule has 0 amide bonds. The third kappa shape index (κ3) is 10.6. The van der Waals surface area contributed by atoms with Crippen LogP contribution in [0.2, 0.25) is 0 Å². The molecule has 0 bridgehead atoms. The van der Waals surface area contributed by atoms with Crippen LogP contribution < -0.4 is 0 Å². The second-order valence-corrected chi connectivity index (χ2v) is 31.4. The van der Waals surface area contributed by atoms with Crippen molar-refractivity contribution in [3.63, 3.8) is 0 Å². The zero-order valence-corrected chi connectivity index (χ0v) is 53.8. The van der Waals surface area contributed by atoms with Crippen LogP contribution in [0.15, 0.2) is 72.8 Å². The van der Waals surface area contributed by atoms with Gasteiger partial charge in [-0.3, -0.25) is 0 Å². The Morgan fingerprint density at radius 3 is 0.566 bits per heavy atom. The molecule has 6 aromatic carbocycles. The van der Waals surface area contributed by atoms with E-state index < -0.39 is 0 Å². The topological polar surface area (TPSA) is 0 Å². The van der Waals surface area contributed by atoms with Gasteiger partial charge in [-0.2, -0.15) is 0 Å². The maximum Gasteiger partial charge on any atom is -0.000719 e. The van der Waals surface area contributed by atoms with Gasteiger partial charge in [0.15, 0.2) is 0 Å². The van der Waals surface area contributed by atoms with E-state index in [2.05, 4.69) is 267 Å². The molecule has 0 saturated carbocycles. The molecule has 6 aromatic rings. The predicted molar refractivity (Wildman–Crippen MR) is 340 cm³/mol. The highest BCUT2D eigenvalue weighted by molar-refractivity contribution is 6.23. The van der Waals surface area contributed by atoms with Crippen molar-refractivity contribution >= 4 is 0 Å². The zero-order chi connectivity index (χ0) is 57.2. The minimum Gasteiger partial charge on any atom is -0.0616 e. The van der Waals surface area contributed by atoms with Crippen molar-refractivity contribution < 1.29 is 0 Å². The minimum absolute atomic E-state index is 0.0267. The minimum atomic E-state index is -0.192. The monoisotopic (exact) mass is 1020 g/mol. The number of fused-ring (bicyclic) bond motifs is 4. The Labute approximate surface area is 466 Å². The molecular formula is C76H104. The van der Waals surface area contributed by atoms with Crippen molar-refractivity contribution in [3.05, 3.63) is 140 Å². The summed E-state index contributed by atoms with van der Waals surface area (Å²) in [6.45, 7) is 68.3. The van der Waals surface area contributed by atoms with Crippen LogP contribution in [0.3, 0.4) is 0 Å². The van der Waals surface area contributed by atoms with Crippen molar-refractivity contribution in [2.45, 2.75) is 263 Å². The largest absolute Gasteiger partial charge is 0.0616 e. The van der Waals surface area contributed by atoms with Gasteiger partial charge in [0.25, 0.3) is 0 Å². The Kier molecular flexibility index (Phi) is 15.2. The van der Waals surface area contributed by atoms with E-state index >= 15 is 0 Å². The molecule has 7 rings (SSSR count). The van der Waals surface area contributed by atoms with E-state index in [4.69, 9.17) is 0 Å². The van der Waals surface area contributed by atoms with Crippen LogP contribution in [0.25, 0.3) is 66.8 Å². The molecule has 0 radical (unpaired) electrons. The van der Waals surface area contributed by atoms with Gasteiger partial charge in [0, 0.05) is 0 Å². The highest BCUT2D eigenvalue weighted by Gasteiger charge is 2.43. The van der Waals surface area contributed by atoms with E-state index in [0.29, 0.717) is 0 Å². The van der Waals surface area contributed by atoms with Crippen LogP contribution in [-0.2, 0) is 69.0 Å². The van der Waals surface area contributed by atoms with Crippen LogP contribution >= 0.6 is 0 Å². The first-order valence-electron chi connectivity index (χ1n) is 29.7. The summed E-state index contributed by atoms with van der Waals surface area (Å²) in [5.74, 6) is 0. The number of hydrogen-bond donors (Lipinski definition) is 0. The first-order chi connectivity index (χ1) is 34.6. The highest BCUT2D eigenvalue weighted by atomic mass is 14.5. The second kappa shape index (κ2) is 19.6. The molecule has 0 spiro atoms. The molecular weight excluding hydrogens is 913 g/mol. The maximum absolute atomic E-state index is 2.65. The number of aryl methyl sites for hydroxylation is 4. The lowest BCUT2D eigenvalue weighted by Crippen LogP contribution is -2.23. The average molecular weight is 1020 g/mol. The number of hydrogen-bond acceptors (Lipinski definition) is 0. The van der Waals surface area contributed by atoms with E-state index in [0.717, 1.165) is 25.7 Å². The molecule has 0 fully saturated rings. The molecule has 0 aliphatic heterocycles. The summed E-state index contributed by atoms with van der Waals surface area (Å²) >= 11 is 0. The van der Waals surface area contributed by atoms with Crippen LogP contribution in [0, 0.1) is 0 Å². The summed E-state index contributed by atoms with van der Waals surface area (Å²) < 4.78 is 0. The Hall–Kier alpha value is -4.68. The molecule has 76 heavy (non-hydrogen) atoms. The lowest BCUT2D eigenvalue weighted by Gasteiger charge is -2.41. The van der Waals surface area contributed by atoms with Crippen LogP contribution in [0.5, 0.6) is 0 Å². The molecule has 0 saturated heterocycles. The van der Waals surface area contributed by atoms with Crippen LogP contribution in [0.1, 0.15) is 261 Å². The fourth-order valence-electron chi connectivity index (χ4n) is 12.3. The molecule has 0 nitrogen and oxygen atoms in total. The van der Waals surface area contributed by atoms with Gasteiger partial charge in [0.1, 0.15) is 0 Å². The standard InChI is InChI=1S/C76H104/c1-29-45-37-49(69(5,6)7)41-55(73(17,18)19)59(45)65-63-53-35-33-34-36-54(53)64(63)66(60-46(30-2)38-50(70(8,9)10)42-56(60)74(20,21)22)68(62-48(32-4)40-52(72(14,15)16)44-58(62)76(26,27)28)67(65)61-47(31-3)39-51(71(11,12)13)43-57(61)75(23,24)25/h33-44H,29-32H2,1-28H3. The SMILES string of the molecule is CCc1cc(C(C)(C)C)cc(C(C)(C)C)c1-c1c2c(c(-c3c(CC)cc(C(C)(C)C)cc3C(C)(C)C)c(-c3c(CC)cc(C(C)(C)C)cc3C(C)(C)C)c1-c1c(CC)cc(C(C)(C)C)cc1C(C)(C)C)-c1ccccc1-2. The third-order valence-corrected chi connectivity index (χ3v) is 17.1. The summed E-state index contributed by atoms with van der Waals surface area (Å²) in [5.41, 5.74) is 33.4. The molecule has 0 unspecified atom stereocenters. The fraction of sp³-hybridized carbons (Fsp3) is 0.526. The van der Waals surface area contributed by atoms with E-state index in [1.165, 1.54) is 134 Å². The van der Waals surface area contributed by atoms with E-state index in [1.807, 2.05) is 0 Å². The fourth-order valence-corrected chi connectivity index (χ4v) is 12.3. The van der Waals surface area contributed by atoms with Gasteiger partial charge in [0.05, 0.1) is 0 Å². The van der Waals surface area contributed by atoms with Crippen LogP contribution in [-0.4, -0.2) is 0 Å². The normalized spacial score (nSPS) is 13.7. The van der Waals surface area contributed by atoms with Crippen LogP contribution in [0.4, 0.5) is 0 Å². The summed E-state index contributed by atoms with van der Waals surface area (Å²) in [5, 5.41) is 0. The Balaban J connectivity index is 2.08. The quantitative estimate of drug-likeness (QED) is 0.142. The molecule has 0 atom stereocenters.